The van der Waals surface area contributed by atoms with E-state index in [1.54, 1.807) is 30.7 Å². The summed E-state index contributed by atoms with van der Waals surface area (Å²) in [4.78, 5) is 26.8. The van der Waals surface area contributed by atoms with Crippen molar-refractivity contribution in [2.75, 3.05) is 27.2 Å². The summed E-state index contributed by atoms with van der Waals surface area (Å²) in [5.41, 5.74) is 2.49. The lowest BCUT2D eigenvalue weighted by molar-refractivity contribution is 0.0702. The number of hydrogen-bond donors (Lipinski definition) is 3. The highest BCUT2D eigenvalue weighted by Crippen LogP contribution is 2.28. The quantitative estimate of drug-likeness (QED) is 0.315. The van der Waals surface area contributed by atoms with Crippen molar-refractivity contribution in [1.82, 2.24) is 20.3 Å². The minimum Gasteiger partial charge on any atom is -0.486 e. The zero-order valence-electron chi connectivity index (χ0n) is 16.5. The van der Waals surface area contributed by atoms with Crippen molar-refractivity contribution in [3.63, 3.8) is 0 Å². The maximum Gasteiger partial charge on any atom is 0.279 e. The number of halogens is 2. The predicted molar refractivity (Wildman–Crippen MR) is 111 cm³/mol. The molecule has 0 aliphatic rings. The van der Waals surface area contributed by atoms with Crippen LogP contribution in [-0.2, 0) is 13.7 Å². The molecule has 10 heteroatoms. The molecule has 2 aromatic rings. The van der Waals surface area contributed by atoms with Gasteiger partial charge in [0.05, 0.1) is 10.0 Å². The van der Waals surface area contributed by atoms with E-state index in [0.29, 0.717) is 22.2 Å². The van der Waals surface area contributed by atoms with E-state index in [4.69, 9.17) is 33.1 Å². The highest BCUT2D eigenvalue weighted by molar-refractivity contribution is 6.42. The molecule has 158 valence electrons. The zero-order valence-corrected chi connectivity index (χ0v) is 18.0. The Kier molecular flexibility index (Phi) is 8.33. The molecule has 0 unspecified atom stereocenters. The van der Waals surface area contributed by atoms with Gasteiger partial charge in [-0.2, -0.15) is 0 Å². The third kappa shape index (κ3) is 6.11. The molecule has 2 rings (SSSR count). The Bertz CT molecular complexity index is 883. The highest BCUT2D eigenvalue weighted by atomic mass is 35.5. The van der Waals surface area contributed by atoms with Crippen molar-refractivity contribution in [1.29, 1.82) is 0 Å². The first-order chi connectivity index (χ1) is 13.7. The third-order valence-electron chi connectivity index (χ3n) is 4.13. The van der Waals surface area contributed by atoms with Gasteiger partial charge in [0.15, 0.2) is 5.75 Å². The summed E-state index contributed by atoms with van der Waals surface area (Å²) in [5, 5.41) is 12.6. The van der Waals surface area contributed by atoms with E-state index >= 15 is 0 Å². The van der Waals surface area contributed by atoms with Gasteiger partial charge >= 0.3 is 0 Å². The van der Waals surface area contributed by atoms with Crippen LogP contribution < -0.4 is 15.5 Å². The van der Waals surface area contributed by atoms with E-state index in [-0.39, 0.29) is 29.5 Å². The number of nitrogens with one attached hydrogen (secondary N) is 2. The Morgan fingerprint density at radius 2 is 1.93 bits per heavy atom. The van der Waals surface area contributed by atoms with Gasteiger partial charge in [0.1, 0.15) is 17.9 Å². The average molecular weight is 443 g/mol. The first-order valence-corrected chi connectivity index (χ1v) is 9.63. The van der Waals surface area contributed by atoms with Crippen LogP contribution >= 0.6 is 23.2 Å². The van der Waals surface area contributed by atoms with Crippen molar-refractivity contribution in [3.05, 3.63) is 51.3 Å². The molecule has 2 amide bonds. The summed E-state index contributed by atoms with van der Waals surface area (Å²) < 4.78 is 7.28. The molecule has 0 atom stereocenters. The fourth-order valence-corrected chi connectivity index (χ4v) is 3.02. The summed E-state index contributed by atoms with van der Waals surface area (Å²) in [6.07, 6.45) is 2.19. The van der Waals surface area contributed by atoms with Crippen LogP contribution in [0.2, 0.25) is 10.0 Å². The first-order valence-electron chi connectivity index (χ1n) is 8.88. The Hall–Kier alpha value is -2.26. The van der Waals surface area contributed by atoms with Crippen LogP contribution in [0, 0.1) is 0 Å². The number of ether oxygens (including phenoxy) is 1. The molecule has 0 saturated heterocycles. The summed E-state index contributed by atoms with van der Waals surface area (Å²) in [6, 6.07) is 5.00. The number of carbonyl (C=O) groups excluding carboxylic acids is 2. The maximum atomic E-state index is 12.7. The summed E-state index contributed by atoms with van der Waals surface area (Å²) in [7, 11) is 5.52. The van der Waals surface area contributed by atoms with Crippen LogP contribution in [0.25, 0.3) is 0 Å². The molecule has 29 heavy (non-hydrogen) atoms. The van der Waals surface area contributed by atoms with Crippen LogP contribution in [0.5, 0.6) is 5.75 Å². The van der Waals surface area contributed by atoms with Crippen molar-refractivity contribution in [2.45, 2.75) is 13.0 Å². The number of benzene rings is 1. The normalized spacial score (nSPS) is 10.9. The topological polar surface area (TPSA) is 95.8 Å². The molecule has 0 aliphatic carbocycles. The molecule has 0 radical (unpaired) electrons. The number of aryl methyl sites for hydroxylation is 1. The van der Waals surface area contributed by atoms with Gasteiger partial charge in [-0.3, -0.25) is 14.8 Å². The smallest absolute Gasteiger partial charge is 0.279 e. The minimum atomic E-state index is -0.781. The number of aromatic nitrogens is 1. The standard InChI is InChI=1S/C19H24Cl2N4O4/c1-24(2)8-4-7-22-19(27)16-17(13(10-25(16)3)18(26)23-28)29-11-12-5-6-14(20)15(21)9-12/h5-6,9-10,28H,4,7-8,11H2,1-3H3,(H,22,27)(H,23,26). The van der Waals surface area contributed by atoms with Gasteiger partial charge in [0.25, 0.3) is 11.8 Å². The molecule has 0 saturated carbocycles. The number of amides is 2. The van der Waals surface area contributed by atoms with Crippen LogP contribution in [0.1, 0.15) is 32.8 Å². The van der Waals surface area contributed by atoms with Gasteiger partial charge in [-0.05, 0) is 44.8 Å². The van der Waals surface area contributed by atoms with E-state index in [0.717, 1.165) is 13.0 Å². The number of carbonyl (C=O) groups is 2. The van der Waals surface area contributed by atoms with Crippen LogP contribution in [0.15, 0.2) is 24.4 Å². The predicted octanol–water partition coefficient (Wildman–Crippen LogP) is 2.71. The molecule has 8 nitrogen and oxygen atoms in total. The second-order valence-electron chi connectivity index (χ2n) is 6.72. The molecule has 0 bridgehead atoms. The van der Waals surface area contributed by atoms with E-state index in [1.807, 2.05) is 19.0 Å². The van der Waals surface area contributed by atoms with Crippen LogP contribution in [0.3, 0.4) is 0 Å². The lowest BCUT2D eigenvalue weighted by atomic mass is 10.2. The van der Waals surface area contributed by atoms with Gasteiger partial charge < -0.3 is 19.5 Å². The monoisotopic (exact) mass is 442 g/mol. The minimum absolute atomic E-state index is 0.0356. The van der Waals surface area contributed by atoms with E-state index < -0.39 is 5.91 Å². The molecule has 1 aromatic carbocycles. The van der Waals surface area contributed by atoms with Crippen molar-refractivity contribution < 1.29 is 19.5 Å². The molecule has 1 heterocycles. The maximum absolute atomic E-state index is 12.7. The number of rotatable bonds is 9. The van der Waals surface area contributed by atoms with E-state index in [2.05, 4.69) is 5.32 Å². The van der Waals surface area contributed by atoms with Gasteiger partial charge in [-0.15, -0.1) is 0 Å². The van der Waals surface area contributed by atoms with Gasteiger partial charge in [-0.1, -0.05) is 29.3 Å². The highest BCUT2D eigenvalue weighted by Gasteiger charge is 2.25. The lowest BCUT2D eigenvalue weighted by Gasteiger charge is -2.13. The Labute approximate surface area is 179 Å². The molecular formula is C19H24Cl2N4O4. The summed E-state index contributed by atoms with van der Waals surface area (Å²) in [6.45, 7) is 1.34. The average Bonchev–Trinajstić information content (AvgIpc) is 3.01. The van der Waals surface area contributed by atoms with E-state index in [9.17, 15) is 9.59 Å². The van der Waals surface area contributed by atoms with Crippen molar-refractivity contribution in [3.8, 4) is 5.75 Å². The second kappa shape index (κ2) is 10.5. The number of hydrogen-bond acceptors (Lipinski definition) is 5. The van der Waals surface area contributed by atoms with Crippen LogP contribution in [0.4, 0.5) is 0 Å². The second-order valence-corrected chi connectivity index (χ2v) is 7.54. The van der Waals surface area contributed by atoms with Crippen LogP contribution in [-0.4, -0.2) is 53.7 Å². The summed E-state index contributed by atoms with van der Waals surface area (Å²) >= 11 is 11.9. The molecule has 1 aromatic heterocycles. The van der Waals surface area contributed by atoms with Gasteiger partial charge in [0.2, 0.25) is 0 Å². The SMILES string of the molecule is CN(C)CCCNC(=O)c1c(OCc2ccc(Cl)c(Cl)c2)c(C(=O)NO)cn1C. The number of nitrogens with zero attached hydrogens (tertiary/aromatic N) is 2. The molecule has 0 aliphatic heterocycles. The fourth-order valence-electron chi connectivity index (χ4n) is 2.70. The molecular weight excluding hydrogens is 419 g/mol. The molecule has 0 fully saturated rings. The Morgan fingerprint density at radius 1 is 1.21 bits per heavy atom. The first kappa shape index (κ1) is 23.0. The largest absolute Gasteiger partial charge is 0.486 e. The van der Waals surface area contributed by atoms with Crippen molar-refractivity contribution in [2.24, 2.45) is 7.05 Å². The van der Waals surface area contributed by atoms with Gasteiger partial charge in [0, 0.05) is 19.8 Å². The lowest BCUT2D eigenvalue weighted by Crippen LogP contribution is -2.29. The van der Waals surface area contributed by atoms with Crippen molar-refractivity contribution >= 4 is 35.0 Å². The third-order valence-corrected chi connectivity index (χ3v) is 4.87. The Balaban J connectivity index is 2.23. The molecule has 0 spiro atoms. The van der Waals surface area contributed by atoms with E-state index in [1.165, 1.54) is 10.8 Å². The fraction of sp³-hybridized carbons (Fsp3) is 0.368. The molecule has 3 N–H and O–H groups in total. The van der Waals surface area contributed by atoms with Gasteiger partial charge in [-0.25, -0.2) is 5.48 Å². The zero-order chi connectivity index (χ0) is 21.6. The Morgan fingerprint density at radius 3 is 2.55 bits per heavy atom. The number of hydroxylamine groups is 1. The summed E-state index contributed by atoms with van der Waals surface area (Å²) in [5.74, 6) is -1.10.